The molecule has 0 atom stereocenters. The Labute approximate surface area is 174 Å². The minimum Gasteiger partial charge on any atom is -0.329 e. The minimum atomic E-state index is -3.72. The van der Waals surface area contributed by atoms with E-state index in [0.29, 0.717) is 11.4 Å². The summed E-state index contributed by atoms with van der Waals surface area (Å²) in [5, 5.41) is 5.03. The summed E-state index contributed by atoms with van der Waals surface area (Å²) in [4.78, 5) is 36.1. The minimum absolute atomic E-state index is 0.00873. The van der Waals surface area contributed by atoms with Gasteiger partial charge in [-0.3, -0.25) is 19.2 Å². The number of carbonyl (C=O) groups excluding carboxylic acids is 3. The molecule has 30 heavy (non-hydrogen) atoms. The van der Waals surface area contributed by atoms with Crippen LogP contribution in [0.1, 0.15) is 18.9 Å². The second-order valence-corrected chi connectivity index (χ2v) is 8.37. The van der Waals surface area contributed by atoms with Crippen LogP contribution in [0.5, 0.6) is 0 Å². The van der Waals surface area contributed by atoms with Crippen molar-refractivity contribution in [1.29, 1.82) is 0 Å². The Bertz CT molecular complexity index is 1030. The highest BCUT2D eigenvalue weighted by Crippen LogP contribution is 2.19. The van der Waals surface area contributed by atoms with Gasteiger partial charge in [-0.1, -0.05) is 19.1 Å². The molecule has 1 saturated heterocycles. The van der Waals surface area contributed by atoms with E-state index in [2.05, 4.69) is 15.4 Å². The van der Waals surface area contributed by atoms with Gasteiger partial charge in [-0.25, -0.2) is 13.2 Å². The van der Waals surface area contributed by atoms with Crippen molar-refractivity contribution in [1.82, 2.24) is 10.2 Å². The molecule has 2 aromatic rings. The number of hydrogen-bond acceptors (Lipinski definition) is 5. The molecule has 2 aromatic carbocycles. The third-order valence-corrected chi connectivity index (χ3v) is 5.96. The largest absolute Gasteiger partial charge is 0.329 e. The van der Waals surface area contributed by atoms with Crippen LogP contribution < -0.4 is 15.4 Å². The normalized spacial score (nSPS) is 13.8. The summed E-state index contributed by atoms with van der Waals surface area (Å²) in [6.45, 7) is 1.93. The summed E-state index contributed by atoms with van der Waals surface area (Å²) in [6, 6.07) is 12.3. The van der Waals surface area contributed by atoms with Gasteiger partial charge in [0.15, 0.2) is 0 Å². The average molecular weight is 430 g/mol. The molecule has 158 valence electrons. The number of benzene rings is 2. The van der Waals surface area contributed by atoms with Crippen molar-refractivity contribution < 1.29 is 22.8 Å². The maximum atomic E-state index is 12.5. The molecule has 3 N–H and O–H groups in total. The number of aryl methyl sites for hydroxylation is 1. The van der Waals surface area contributed by atoms with Gasteiger partial charge in [0.2, 0.25) is 11.8 Å². The zero-order chi connectivity index (χ0) is 21.7. The number of amides is 4. The first-order valence-electron chi connectivity index (χ1n) is 9.38. The molecule has 3 rings (SSSR count). The van der Waals surface area contributed by atoms with Crippen molar-refractivity contribution in [3.8, 4) is 0 Å². The lowest BCUT2D eigenvalue weighted by atomic mass is 10.2. The Hall–Kier alpha value is -3.40. The molecule has 9 nitrogen and oxygen atoms in total. The van der Waals surface area contributed by atoms with Gasteiger partial charge in [-0.05, 0) is 48.4 Å². The third kappa shape index (κ3) is 5.15. The van der Waals surface area contributed by atoms with Gasteiger partial charge < -0.3 is 10.6 Å². The van der Waals surface area contributed by atoms with Crippen LogP contribution in [0.3, 0.4) is 0 Å². The van der Waals surface area contributed by atoms with E-state index in [9.17, 15) is 22.8 Å². The van der Waals surface area contributed by atoms with Crippen molar-refractivity contribution in [3.63, 3.8) is 0 Å². The predicted molar refractivity (Wildman–Crippen MR) is 111 cm³/mol. The van der Waals surface area contributed by atoms with Crippen molar-refractivity contribution in [2.24, 2.45) is 0 Å². The highest BCUT2D eigenvalue weighted by atomic mass is 32.2. The molecule has 0 spiro atoms. The van der Waals surface area contributed by atoms with E-state index >= 15 is 0 Å². The van der Waals surface area contributed by atoms with E-state index in [0.717, 1.165) is 16.9 Å². The molecule has 0 aliphatic carbocycles. The maximum Gasteiger partial charge on any atom is 0.324 e. The summed E-state index contributed by atoms with van der Waals surface area (Å²) in [5.41, 5.74) is 1.86. The molecule has 10 heteroatoms. The number of imide groups is 1. The van der Waals surface area contributed by atoms with Crippen LogP contribution in [0.4, 0.5) is 16.2 Å². The van der Waals surface area contributed by atoms with Gasteiger partial charge in [-0.2, -0.15) is 0 Å². The standard InChI is InChI=1S/C20H22N4O5S/c1-2-14-3-9-17(10-4-14)30(28,29)23-16-7-5-15(6-8-16)22-18(25)11-12-24-19(26)13-21-20(24)27/h3-10,23H,2,11-13H2,1H3,(H,21,27)(H,22,25). The molecule has 1 aliphatic heterocycles. The molecule has 1 aliphatic rings. The highest BCUT2D eigenvalue weighted by Gasteiger charge is 2.28. The quantitative estimate of drug-likeness (QED) is 0.552. The summed E-state index contributed by atoms with van der Waals surface area (Å²) < 4.78 is 27.5. The van der Waals surface area contributed by atoms with E-state index in [-0.39, 0.29) is 36.2 Å². The molecule has 0 unspecified atom stereocenters. The SMILES string of the molecule is CCc1ccc(S(=O)(=O)Nc2ccc(NC(=O)CCN3C(=O)CNC3=O)cc2)cc1. The topological polar surface area (TPSA) is 125 Å². The second kappa shape index (κ2) is 8.95. The smallest absolute Gasteiger partial charge is 0.324 e. The number of nitrogens with one attached hydrogen (secondary N) is 3. The molecule has 0 bridgehead atoms. The number of anilines is 2. The monoisotopic (exact) mass is 430 g/mol. The van der Waals surface area contributed by atoms with Crippen LogP contribution in [0.25, 0.3) is 0 Å². The van der Waals surface area contributed by atoms with Gasteiger partial charge in [0.1, 0.15) is 0 Å². The fourth-order valence-corrected chi connectivity index (χ4v) is 3.92. The zero-order valence-corrected chi connectivity index (χ0v) is 17.2. The molecule has 0 radical (unpaired) electrons. The molecule has 0 saturated carbocycles. The maximum absolute atomic E-state index is 12.5. The van der Waals surface area contributed by atoms with Crippen molar-refractivity contribution in [2.75, 3.05) is 23.1 Å². The number of nitrogens with zero attached hydrogens (tertiary/aromatic N) is 1. The zero-order valence-electron chi connectivity index (χ0n) is 16.3. The Morgan fingerprint density at radius 1 is 1.03 bits per heavy atom. The van der Waals surface area contributed by atoms with Gasteiger partial charge in [-0.15, -0.1) is 0 Å². The van der Waals surface area contributed by atoms with Crippen molar-refractivity contribution in [2.45, 2.75) is 24.7 Å². The van der Waals surface area contributed by atoms with Crippen molar-refractivity contribution in [3.05, 3.63) is 54.1 Å². The second-order valence-electron chi connectivity index (χ2n) is 6.68. The van der Waals surface area contributed by atoms with Crippen LogP contribution in [0, 0.1) is 0 Å². The Morgan fingerprint density at radius 2 is 1.67 bits per heavy atom. The van der Waals surface area contributed by atoms with Gasteiger partial charge >= 0.3 is 6.03 Å². The van der Waals surface area contributed by atoms with Crippen LogP contribution in [-0.4, -0.2) is 44.3 Å². The number of urea groups is 1. The molecule has 1 heterocycles. The van der Waals surface area contributed by atoms with Crippen LogP contribution >= 0.6 is 0 Å². The van der Waals surface area contributed by atoms with E-state index in [1.165, 1.54) is 12.1 Å². The third-order valence-electron chi connectivity index (χ3n) is 4.56. The van der Waals surface area contributed by atoms with Gasteiger partial charge in [0.05, 0.1) is 11.4 Å². The molecule has 0 aromatic heterocycles. The summed E-state index contributed by atoms with van der Waals surface area (Å²) in [7, 11) is -3.72. The summed E-state index contributed by atoms with van der Waals surface area (Å²) >= 11 is 0. The number of sulfonamides is 1. The average Bonchev–Trinajstić information content (AvgIpc) is 3.05. The van der Waals surface area contributed by atoms with E-state index in [4.69, 9.17) is 0 Å². The van der Waals surface area contributed by atoms with Crippen LogP contribution in [0.15, 0.2) is 53.4 Å². The first kappa shape index (κ1) is 21.3. The summed E-state index contributed by atoms with van der Waals surface area (Å²) in [6.07, 6.45) is 0.782. The summed E-state index contributed by atoms with van der Waals surface area (Å²) in [5.74, 6) is -0.736. The van der Waals surface area contributed by atoms with E-state index in [1.54, 1.807) is 36.4 Å². The van der Waals surface area contributed by atoms with Gasteiger partial charge in [0, 0.05) is 24.3 Å². The van der Waals surface area contributed by atoms with Gasteiger partial charge in [0.25, 0.3) is 10.0 Å². The fourth-order valence-electron chi connectivity index (χ4n) is 2.86. The van der Waals surface area contributed by atoms with Crippen LogP contribution in [-0.2, 0) is 26.0 Å². The first-order chi connectivity index (χ1) is 14.3. The Kier molecular flexibility index (Phi) is 6.36. The Balaban J connectivity index is 1.55. The predicted octanol–water partition coefficient (Wildman–Crippen LogP) is 1.93. The lowest BCUT2D eigenvalue weighted by Gasteiger charge is -2.12. The molecular weight excluding hydrogens is 408 g/mol. The molecule has 4 amide bonds. The van der Waals surface area contributed by atoms with E-state index in [1.807, 2.05) is 6.92 Å². The fraction of sp³-hybridized carbons (Fsp3) is 0.250. The lowest BCUT2D eigenvalue weighted by molar-refractivity contribution is -0.125. The molecular formula is C20H22N4O5S. The number of hydrogen-bond donors (Lipinski definition) is 3. The highest BCUT2D eigenvalue weighted by molar-refractivity contribution is 7.92. The van der Waals surface area contributed by atoms with E-state index < -0.39 is 16.1 Å². The number of rotatable bonds is 8. The Morgan fingerprint density at radius 3 is 2.23 bits per heavy atom. The number of carbonyl (C=O) groups is 3. The van der Waals surface area contributed by atoms with Crippen LogP contribution in [0.2, 0.25) is 0 Å². The first-order valence-corrected chi connectivity index (χ1v) is 10.9. The molecule has 1 fully saturated rings. The van der Waals surface area contributed by atoms with Crippen molar-refractivity contribution >= 4 is 39.2 Å². The lowest BCUT2D eigenvalue weighted by Crippen LogP contribution is -2.33.